The van der Waals surface area contributed by atoms with Crippen LogP contribution < -0.4 is 16.0 Å². The van der Waals surface area contributed by atoms with Crippen LogP contribution in [0.15, 0.2) is 36.4 Å². The van der Waals surface area contributed by atoms with Crippen LogP contribution in [0.4, 0.5) is 11.5 Å². The van der Waals surface area contributed by atoms with Crippen molar-refractivity contribution in [3.05, 3.63) is 52.1 Å². The molecule has 0 unspecified atom stereocenters. The minimum absolute atomic E-state index is 0.103. The van der Waals surface area contributed by atoms with Gasteiger partial charge in [0.25, 0.3) is 5.69 Å². The fourth-order valence-electron chi connectivity index (χ4n) is 1.45. The molecule has 0 atom stereocenters. The molecule has 0 aliphatic heterocycles. The topological polar surface area (TPSA) is 103 Å². The molecule has 0 bridgehead atoms. The van der Waals surface area contributed by atoms with Crippen LogP contribution in [0, 0.1) is 17.0 Å². The fraction of sp³-hybridized carbons (Fsp3) is 0.0833. The van der Waals surface area contributed by atoms with Crippen LogP contribution in [0.2, 0.25) is 0 Å². The normalized spacial score (nSPS) is 10.0. The number of nitrogens with two attached hydrogens (primary N) is 1. The Kier molecular flexibility index (Phi) is 3.58. The number of nitro groups is 1. The lowest BCUT2D eigenvalue weighted by Gasteiger charge is -2.06. The van der Waals surface area contributed by atoms with E-state index in [1.54, 1.807) is 12.1 Å². The number of rotatable bonds is 4. The first kappa shape index (κ1) is 12.8. The van der Waals surface area contributed by atoms with Crippen molar-refractivity contribution in [2.75, 3.05) is 5.43 Å². The van der Waals surface area contributed by atoms with Crippen LogP contribution in [0.5, 0.6) is 11.6 Å². The van der Waals surface area contributed by atoms with Crippen molar-refractivity contribution >= 4 is 11.5 Å². The average Bonchev–Trinajstić information content (AvgIpc) is 2.41. The molecule has 98 valence electrons. The quantitative estimate of drug-likeness (QED) is 0.497. The van der Waals surface area contributed by atoms with Gasteiger partial charge in [-0.05, 0) is 19.1 Å². The van der Waals surface area contributed by atoms with E-state index >= 15 is 0 Å². The summed E-state index contributed by atoms with van der Waals surface area (Å²) in [5, 5.41) is 10.8. The van der Waals surface area contributed by atoms with Gasteiger partial charge in [0.2, 0.25) is 5.88 Å². The Bertz CT molecular complexity index is 598. The Balaban J connectivity index is 2.31. The number of ether oxygens (including phenoxy) is 1. The minimum atomic E-state index is -0.537. The highest BCUT2D eigenvalue weighted by Gasteiger charge is 2.12. The summed E-state index contributed by atoms with van der Waals surface area (Å²) in [6.07, 6.45) is 0. The summed E-state index contributed by atoms with van der Waals surface area (Å²) in [6.45, 7) is 1.95. The summed E-state index contributed by atoms with van der Waals surface area (Å²) in [5.74, 6) is 6.02. The molecule has 7 nitrogen and oxygen atoms in total. The van der Waals surface area contributed by atoms with E-state index in [-0.39, 0.29) is 17.4 Å². The number of nitrogens with one attached hydrogen (secondary N) is 1. The Morgan fingerprint density at radius 2 is 2.00 bits per heavy atom. The fourth-order valence-corrected chi connectivity index (χ4v) is 1.45. The number of hydrogen-bond donors (Lipinski definition) is 2. The first-order valence-electron chi connectivity index (χ1n) is 5.46. The third-order valence-corrected chi connectivity index (χ3v) is 2.39. The lowest BCUT2D eigenvalue weighted by Crippen LogP contribution is -2.09. The first-order chi connectivity index (χ1) is 9.08. The molecule has 3 N–H and O–H groups in total. The molecule has 19 heavy (non-hydrogen) atoms. The summed E-state index contributed by atoms with van der Waals surface area (Å²) in [6, 6.07) is 9.71. The van der Waals surface area contributed by atoms with Crippen molar-refractivity contribution in [3.8, 4) is 11.6 Å². The molecule has 7 heteroatoms. The van der Waals surface area contributed by atoms with Crippen molar-refractivity contribution < 1.29 is 9.66 Å². The molecular formula is C12H12N4O3. The van der Waals surface area contributed by atoms with Gasteiger partial charge in [-0.25, -0.2) is 5.84 Å². The molecule has 2 aromatic rings. The predicted octanol–water partition coefficient (Wildman–Crippen LogP) is 2.38. The van der Waals surface area contributed by atoms with Crippen LogP contribution >= 0.6 is 0 Å². The van der Waals surface area contributed by atoms with E-state index in [4.69, 9.17) is 10.6 Å². The maximum Gasteiger partial charge on any atom is 0.278 e. The average molecular weight is 260 g/mol. The zero-order valence-corrected chi connectivity index (χ0v) is 10.2. The van der Waals surface area contributed by atoms with Crippen molar-refractivity contribution in [3.63, 3.8) is 0 Å². The van der Waals surface area contributed by atoms with E-state index in [0.29, 0.717) is 5.75 Å². The second-order valence-electron chi connectivity index (χ2n) is 3.87. The summed E-state index contributed by atoms with van der Waals surface area (Å²) < 4.78 is 5.46. The number of anilines is 1. The summed E-state index contributed by atoms with van der Waals surface area (Å²) in [5.41, 5.74) is 3.20. The van der Waals surface area contributed by atoms with Gasteiger partial charge in [0.05, 0.1) is 17.1 Å². The molecule has 0 aliphatic rings. The van der Waals surface area contributed by atoms with Gasteiger partial charge in [-0.15, -0.1) is 0 Å². The van der Waals surface area contributed by atoms with E-state index in [0.717, 1.165) is 5.56 Å². The van der Waals surface area contributed by atoms with E-state index < -0.39 is 4.92 Å². The van der Waals surface area contributed by atoms with Gasteiger partial charge in [-0.1, -0.05) is 17.7 Å². The highest BCUT2D eigenvalue weighted by molar-refractivity contribution is 5.48. The Labute approximate surface area is 109 Å². The zero-order valence-electron chi connectivity index (χ0n) is 10.2. The highest BCUT2D eigenvalue weighted by atomic mass is 16.6. The molecule has 1 aromatic heterocycles. The van der Waals surface area contributed by atoms with Crippen molar-refractivity contribution in [2.24, 2.45) is 5.84 Å². The summed E-state index contributed by atoms with van der Waals surface area (Å²) >= 11 is 0. The van der Waals surface area contributed by atoms with Gasteiger partial charge in [-0.3, -0.25) is 10.1 Å². The molecule has 0 radical (unpaired) electrons. The predicted molar refractivity (Wildman–Crippen MR) is 70.0 cm³/mol. The molecule has 0 spiro atoms. The van der Waals surface area contributed by atoms with Gasteiger partial charge in [0, 0.05) is 0 Å². The minimum Gasteiger partial charge on any atom is -0.439 e. The number of hydrazine groups is 1. The van der Waals surface area contributed by atoms with E-state index in [2.05, 4.69) is 10.4 Å². The Morgan fingerprint density at radius 1 is 1.32 bits per heavy atom. The standard InChI is InChI=1S/C12H12N4O3/c1-8-2-4-10(5-3-8)19-12-7-9(16(17)18)6-11(14-12)15-13/h2-7H,13H2,1H3,(H,14,15). The van der Waals surface area contributed by atoms with E-state index in [1.807, 2.05) is 19.1 Å². The lowest BCUT2D eigenvalue weighted by molar-refractivity contribution is -0.384. The third kappa shape index (κ3) is 3.17. The van der Waals surface area contributed by atoms with Crippen LogP contribution in [-0.2, 0) is 0 Å². The molecule has 0 aliphatic carbocycles. The molecule has 1 heterocycles. The Morgan fingerprint density at radius 3 is 2.58 bits per heavy atom. The third-order valence-electron chi connectivity index (χ3n) is 2.39. The van der Waals surface area contributed by atoms with Gasteiger partial charge in [-0.2, -0.15) is 4.98 Å². The number of pyridine rings is 1. The molecule has 1 aromatic carbocycles. The molecular weight excluding hydrogens is 248 g/mol. The summed E-state index contributed by atoms with van der Waals surface area (Å²) in [7, 11) is 0. The lowest BCUT2D eigenvalue weighted by atomic mass is 10.2. The monoisotopic (exact) mass is 260 g/mol. The van der Waals surface area contributed by atoms with Gasteiger partial charge >= 0.3 is 0 Å². The van der Waals surface area contributed by atoms with Gasteiger partial charge in [0.15, 0.2) is 5.82 Å². The number of nitrogen functional groups attached to an aromatic ring is 1. The number of benzene rings is 1. The second-order valence-corrected chi connectivity index (χ2v) is 3.87. The molecule has 0 amide bonds. The molecule has 0 saturated heterocycles. The molecule has 2 rings (SSSR count). The molecule has 0 fully saturated rings. The number of aromatic nitrogens is 1. The largest absolute Gasteiger partial charge is 0.439 e. The van der Waals surface area contributed by atoms with Crippen LogP contribution in [0.25, 0.3) is 0 Å². The van der Waals surface area contributed by atoms with Crippen LogP contribution in [0.1, 0.15) is 5.56 Å². The van der Waals surface area contributed by atoms with Gasteiger partial charge in [0.1, 0.15) is 5.75 Å². The number of nitrogens with zero attached hydrogens (tertiary/aromatic N) is 2. The smallest absolute Gasteiger partial charge is 0.278 e. The summed E-state index contributed by atoms with van der Waals surface area (Å²) in [4.78, 5) is 14.2. The van der Waals surface area contributed by atoms with Crippen molar-refractivity contribution in [1.82, 2.24) is 4.98 Å². The number of aryl methyl sites for hydroxylation is 1. The van der Waals surface area contributed by atoms with Crippen molar-refractivity contribution in [1.29, 1.82) is 0 Å². The Hall–Kier alpha value is -2.67. The van der Waals surface area contributed by atoms with Crippen LogP contribution in [-0.4, -0.2) is 9.91 Å². The zero-order chi connectivity index (χ0) is 13.8. The van der Waals surface area contributed by atoms with Crippen LogP contribution in [0.3, 0.4) is 0 Å². The molecule has 0 saturated carbocycles. The maximum atomic E-state index is 10.8. The SMILES string of the molecule is Cc1ccc(Oc2cc([N+](=O)[O-])cc(NN)n2)cc1. The van der Waals surface area contributed by atoms with E-state index in [1.165, 1.54) is 12.1 Å². The highest BCUT2D eigenvalue weighted by Crippen LogP contribution is 2.26. The first-order valence-corrected chi connectivity index (χ1v) is 5.46. The second kappa shape index (κ2) is 5.32. The van der Waals surface area contributed by atoms with Crippen molar-refractivity contribution in [2.45, 2.75) is 6.92 Å². The maximum absolute atomic E-state index is 10.8. The van der Waals surface area contributed by atoms with Gasteiger partial charge < -0.3 is 10.2 Å². The van der Waals surface area contributed by atoms with E-state index in [9.17, 15) is 10.1 Å². The number of hydrogen-bond acceptors (Lipinski definition) is 6.